The van der Waals surface area contributed by atoms with E-state index in [1.165, 1.54) is 12.1 Å². The fourth-order valence-corrected chi connectivity index (χ4v) is 4.25. The van der Waals surface area contributed by atoms with E-state index in [2.05, 4.69) is 16.0 Å². The molecule has 9 heteroatoms. The second kappa shape index (κ2) is 7.73. The van der Waals surface area contributed by atoms with Gasteiger partial charge in [-0.25, -0.2) is 13.2 Å². The van der Waals surface area contributed by atoms with Crippen LogP contribution in [0.5, 0.6) is 5.75 Å². The van der Waals surface area contributed by atoms with Crippen molar-refractivity contribution in [1.29, 1.82) is 0 Å². The van der Waals surface area contributed by atoms with E-state index in [0.29, 0.717) is 12.1 Å². The molecule has 138 valence electrons. The molecule has 1 aromatic carbocycles. The second-order valence-electron chi connectivity index (χ2n) is 6.48. The van der Waals surface area contributed by atoms with Crippen LogP contribution in [0.3, 0.4) is 0 Å². The van der Waals surface area contributed by atoms with Gasteiger partial charge in [-0.05, 0) is 36.6 Å². The van der Waals surface area contributed by atoms with Crippen LogP contribution in [-0.2, 0) is 14.6 Å². The number of hydrogen-bond donors (Lipinski definition) is 4. The first kappa shape index (κ1) is 19.0. The fraction of sp³-hybridized carbons (Fsp3) is 0.500. The van der Waals surface area contributed by atoms with Crippen LogP contribution in [0, 0.1) is 5.92 Å². The average Bonchev–Trinajstić information content (AvgIpc) is 2.85. The molecule has 1 saturated heterocycles. The van der Waals surface area contributed by atoms with Crippen LogP contribution >= 0.6 is 0 Å². The molecule has 0 saturated carbocycles. The summed E-state index contributed by atoms with van der Waals surface area (Å²) in [4.78, 5) is 24.5. The summed E-state index contributed by atoms with van der Waals surface area (Å²) in [5, 5.41) is 17.1. The maximum absolute atomic E-state index is 12.4. The summed E-state index contributed by atoms with van der Waals surface area (Å²) in [6.07, 6.45) is 0.377. The normalized spacial score (nSPS) is 20.0. The minimum absolute atomic E-state index is 0.0624. The molecule has 1 aliphatic heterocycles. The summed E-state index contributed by atoms with van der Waals surface area (Å²) in [7, 11) is -3.09. The Balaban J connectivity index is 1.94. The van der Waals surface area contributed by atoms with E-state index in [1.54, 1.807) is 26.0 Å². The summed E-state index contributed by atoms with van der Waals surface area (Å²) >= 11 is 0. The highest BCUT2D eigenvalue weighted by Gasteiger charge is 2.30. The first-order valence-electron chi connectivity index (χ1n) is 8.03. The zero-order valence-corrected chi connectivity index (χ0v) is 15.0. The molecule has 0 spiro atoms. The predicted octanol–water partition coefficient (Wildman–Crippen LogP) is 0.842. The fourth-order valence-electron chi connectivity index (χ4n) is 2.58. The van der Waals surface area contributed by atoms with Gasteiger partial charge in [0.1, 0.15) is 11.8 Å². The summed E-state index contributed by atoms with van der Waals surface area (Å²) in [5.41, 5.74) is 0.498. The molecule has 25 heavy (non-hydrogen) atoms. The quantitative estimate of drug-likeness (QED) is 0.573. The van der Waals surface area contributed by atoms with Gasteiger partial charge in [-0.3, -0.25) is 4.79 Å². The van der Waals surface area contributed by atoms with Crippen molar-refractivity contribution in [2.24, 2.45) is 5.92 Å². The van der Waals surface area contributed by atoms with Gasteiger partial charge in [-0.1, -0.05) is 13.8 Å². The molecule has 2 atom stereocenters. The molecule has 0 aromatic heterocycles. The van der Waals surface area contributed by atoms with Crippen molar-refractivity contribution >= 4 is 27.5 Å². The molecule has 0 bridgehead atoms. The third-order valence-corrected chi connectivity index (χ3v) is 5.71. The minimum atomic E-state index is -3.09. The highest BCUT2D eigenvalue weighted by Crippen LogP contribution is 2.15. The number of aromatic hydroxyl groups is 1. The Morgan fingerprint density at radius 2 is 1.84 bits per heavy atom. The Morgan fingerprint density at radius 3 is 2.36 bits per heavy atom. The van der Waals surface area contributed by atoms with Crippen molar-refractivity contribution in [3.05, 3.63) is 24.3 Å². The number of carbonyl (C=O) groups excluding carboxylic acids is 2. The van der Waals surface area contributed by atoms with E-state index < -0.39 is 33.9 Å². The summed E-state index contributed by atoms with van der Waals surface area (Å²) < 4.78 is 22.9. The highest BCUT2D eigenvalue weighted by molar-refractivity contribution is 7.91. The molecule has 8 nitrogen and oxygen atoms in total. The minimum Gasteiger partial charge on any atom is -0.508 e. The van der Waals surface area contributed by atoms with E-state index >= 15 is 0 Å². The van der Waals surface area contributed by atoms with Crippen LogP contribution in [0.2, 0.25) is 0 Å². The number of phenolic OH excluding ortho intramolecular Hbond substituents is 1. The number of amides is 3. The topological polar surface area (TPSA) is 125 Å². The van der Waals surface area contributed by atoms with Crippen LogP contribution in [-0.4, -0.2) is 49.1 Å². The van der Waals surface area contributed by atoms with E-state index in [1.807, 2.05) is 0 Å². The lowest BCUT2D eigenvalue weighted by atomic mass is 10.0. The number of benzene rings is 1. The van der Waals surface area contributed by atoms with Gasteiger partial charge in [-0.2, -0.15) is 0 Å². The monoisotopic (exact) mass is 369 g/mol. The first-order valence-corrected chi connectivity index (χ1v) is 9.86. The first-order chi connectivity index (χ1) is 11.7. The van der Waals surface area contributed by atoms with Crippen molar-refractivity contribution in [3.8, 4) is 5.75 Å². The number of carbonyl (C=O) groups is 2. The lowest BCUT2D eigenvalue weighted by Gasteiger charge is -2.23. The Morgan fingerprint density at radius 1 is 1.20 bits per heavy atom. The van der Waals surface area contributed by atoms with Gasteiger partial charge in [-0.15, -0.1) is 0 Å². The molecule has 0 radical (unpaired) electrons. The molecule has 4 N–H and O–H groups in total. The SMILES string of the molecule is CC(C)C(NC(=O)NC1CCS(=O)(=O)C1)C(=O)Nc1ccc(O)cc1. The molecular weight excluding hydrogens is 346 g/mol. The van der Waals surface area contributed by atoms with Gasteiger partial charge < -0.3 is 21.1 Å². The van der Waals surface area contributed by atoms with Gasteiger partial charge in [0.15, 0.2) is 9.84 Å². The Hall–Kier alpha value is -2.29. The molecular formula is C16H23N3O5S. The highest BCUT2D eigenvalue weighted by atomic mass is 32.2. The zero-order valence-electron chi connectivity index (χ0n) is 14.2. The third kappa shape index (κ3) is 5.63. The Labute approximate surface area is 146 Å². The number of rotatable bonds is 5. The summed E-state index contributed by atoms with van der Waals surface area (Å²) in [6.45, 7) is 3.59. The molecule has 1 aliphatic rings. The van der Waals surface area contributed by atoms with Gasteiger partial charge >= 0.3 is 6.03 Å². The predicted molar refractivity (Wildman–Crippen MR) is 94.1 cm³/mol. The lowest BCUT2D eigenvalue weighted by molar-refractivity contribution is -0.118. The number of anilines is 1. The molecule has 0 aliphatic carbocycles. The van der Waals surface area contributed by atoms with Crippen molar-refractivity contribution in [3.63, 3.8) is 0 Å². The standard InChI is InChI=1S/C16H23N3O5S/c1-10(2)14(15(21)17-11-3-5-13(20)6-4-11)19-16(22)18-12-7-8-25(23,24)9-12/h3-6,10,12,14,20H,7-9H2,1-2H3,(H,17,21)(H2,18,19,22). The van der Waals surface area contributed by atoms with Crippen molar-refractivity contribution in [1.82, 2.24) is 10.6 Å². The van der Waals surface area contributed by atoms with Gasteiger partial charge in [0.05, 0.1) is 11.5 Å². The van der Waals surface area contributed by atoms with Gasteiger partial charge in [0.2, 0.25) is 5.91 Å². The molecule has 3 amide bonds. The molecule has 1 aromatic rings. The maximum Gasteiger partial charge on any atom is 0.315 e. The average molecular weight is 369 g/mol. The second-order valence-corrected chi connectivity index (χ2v) is 8.70. The van der Waals surface area contributed by atoms with E-state index in [-0.39, 0.29) is 23.2 Å². The van der Waals surface area contributed by atoms with Crippen LogP contribution in [0.15, 0.2) is 24.3 Å². The number of hydrogen-bond acceptors (Lipinski definition) is 5. The number of sulfone groups is 1. The molecule has 2 rings (SSSR count). The van der Waals surface area contributed by atoms with Crippen LogP contribution in [0.25, 0.3) is 0 Å². The van der Waals surface area contributed by atoms with E-state index in [4.69, 9.17) is 0 Å². The Kier molecular flexibility index (Phi) is 5.89. The largest absolute Gasteiger partial charge is 0.508 e. The lowest BCUT2D eigenvalue weighted by Crippen LogP contribution is -2.52. The van der Waals surface area contributed by atoms with Crippen molar-refractivity contribution < 1.29 is 23.1 Å². The van der Waals surface area contributed by atoms with E-state index in [9.17, 15) is 23.1 Å². The van der Waals surface area contributed by atoms with E-state index in [0.717, 1.165) is 0 Å². The van der Waals surface area contributed by atoms with Crippen LogP contribution < -0.4 is 16.0 Å². The Bertz CT molecular complexity index is 731. The van der Waals surface area contributed by atoms with Gasteiger partial charge in [0.25, 0.3) is 0 Å². The van der Waals surface area contributed by atoms with Gasteiger partial charge in [0, 0.05) is 11.7 Å². The third-order valence-electron chi connectivity index (χ3n) is 3.94. The number of phenols is 1. The summed E-state index contributed by atoms with van der Waals surface area (Å²) in [6, 6.07) is 4.20. The van der Waals surface area contributed by atoms with Crippen molar-refractivity contribution in [2.75, 3.05) is 16.8 Å². The smallest absolute Gasteiger partial charge is 0.315 e. The number of nitrogens with one attached hydrogen (secondary N) is 3. The van der Waals surface area contributed by atoms with Crippen LogP contribution in [0.1, 0.15) is 20.3 Å². The number of urea groups is 1. The zero-order chi connectivity index (χ0) is 18.6. The van der Waals surface area contributed by atoms with Crippen molar-refractivity contribution in [2.45, 2.75) is 32.4 Å². The maximum atomic E-state index is 12.4. The molecule has 1 fully saturated rings. The molecule has 2 unspecified atom stereocenters. The van der Waals surface area contributed by atoms with Crippen LogP contribution in [0.4, 0.5) is 10.5 Å². The summed E-state index contributed by atoms with van der Waals surface area (Å²) in [5.74, 6) is -0.494. The molecule has 1 heterocycles.